The molecule has 1 unspecified atom stereocenters. The molecule has 1 heterocycles. The Bertz CT molecular complexity index is 492. The van der Waals surface area contributed by atoms with Crippen LogP contribution in [-0.4, -0.2) is 73.6 Å². The van der Waals surface area contributed by atoms with Crippen molar-refractivity contribution in [2.45, 2.75) is 19.6 Å². The van der Waals surface area contributed by atoms with Gasteiger partial charge in [0.1, 0.15) is 18.8 Å². The van der Waals surface area contributed by atoms with Crippen LogP contribution in [0.3, 0.4) is 0 Å². The van der Waals surface area contributed by atoms with Crippen LogP contribution in [0.15, 0.2) is 6.20 Å². The van der Waals surface area contributed by atoms with Crippen LogP contribution in [0.1, 0.15) is 8.68 Å². The number of aromatic nitrogens is 2. The van der Waals surface area contributed by atoms with Gasteiger partial charge in [-0.1, -0.05) is 0 Å². The van der Waals surface area contributed by atoms with Crippen molar-refractivity contribution in [1.29, 1.82) is 0 Å². The summed E-state index contributed by atoms with van der Waals surface area (Å²) >= 11 is 5.40. The van der Waals surface area contributed by atoms with Gasteiger partial charge in [0.05, 0.1) is 5.88 Å². The fraction of sp³-hybridized carbons (Fsp3) is 0.571. The molecule has 1 aromatic heterocycles. The minimum absolute atomic E-state index is 0. The Balaban J connectivity index is -0.0000000264. The Morgan fingerprint density at radius 1 is 1.27 bits per heavy atom. The first-order chi connectivity index (χ1) is 8.56. The largest absolute Gasteiger partial charge is 1.00 e. The number of imidazole rings is 1. The summed E-state index contributed by atoms with van der Waals surface area (Å²) in [5.74, 6) is 0.391. The number of hydrogen-bond donors (Lipinski definition) is 4. The third-order valence-corrected chi connectivity index (χ3v) is 2.15. The molecule has 15 nitrogen and oxygen atoms in total. The summed E-state index contributed by atoms with van der Waals surface area (Å²) in [6.45, 7) is 1.72. The van der Waals surface area contributed by atoms with Crippen molar-refractivity contribution in [2.24, 2.45) is 0 Å². The van der Waals surface area contributed by atoms with E-state index in [-0.39, 0.29) is 108 Å². The van der Waals surface area contributed by atoms with E-state index < -0.39 is 18.8 Å². The monoisotopic (exact) mass is 455 g/mol. The Morgan fingerprint density at radius 3 is 1.88 bits per heavy atom. The maximum absolute atomic E-state index is 10.5. The number of aliphatic hydroxyl groups is 1. The summed E-state index contributed by atoms with van der Waals surface area (Å²) in [4.78, 5) is 35.3. The third-order valence-electron chi connectivity index (χ3n) is 1.79. The molecule has 0 saturated carbocycles. The van der Waals surface area contributed by atoms with Gasteiger partial charge in [-0.25, -0.2) is 14.1 Å². The minimum Gasteiger partial charge on any atom is -1.00 e. The zero-order valence-corrected chi connectivity index (χ0v) is 19.9. The summed E-state index contributed by atoms with van der Waals surface area (Å²) in [5, 5.41) is 19.8. The van der Waals surface area contributed by atoms with Crippen molar-refractivity contribution in [3.8, 4) is 0 Å². The van der Waals surface area contributed by atoms with Gasteiger partial charge in [-0.2, -0.15) is 0 Å². The number of phosphoric acid groups is 1. The topological polar surface area (TPSA) is 316 Å². The van der Waals surface area contributed by atoms with Gasteiger partial charge in [0.25, 0.3) is 0 Å². The van der Waals surface area contributed by atoms with Crippen LogP contribution in [0.5, 0.6) is 0 Å². The number of rotatable bonds is 4. The number of aryl methyl sites for hydroxylation is 1. The molecule has 0 aliphatic heterocycles. The van der Waals surface area contributed by atoms with Gasteiger partial charge >= 0.3 is 72.8 Å². The Morgan fingerprint density at radius 2 is 1.62 bits per heavy atom. The van der Waals surface area contributed by atoms with Crippen LogP contribution < -0.4 is 59.1 Å². The van der Waals surface area contributed by atoms with Gasteiger partial charge in [0.15, 0.2) is 5.82 Å². The van der Waals surface area contributed by atoms with Crippen LogP contribution in [0.2, 0.25) is 0 Å². The molecule has 0 aromatic carbocycles. The van der Waals surface area contributed by atoms with Crippen molar-refractivity contribution in [3.63, 3.8) is 0 Å². The molecule has 1 atom stereocenters. The van der Waals surface area contributed by atoms with E-state index in [1.807, 2.05) is 0 Å². The van der Waals surface area contributed by atoms with E-state index in [4.69, 9.17) is 30.8 Å². The minimum atomic E-state index is -4.64. The number of nitro groups is 1. The van der Waals surface area contributed by atoms with E-state index in [0.717, 1.165) is 6.20 Å². The van der Waals surface area contributed by atoms with Gasteiger partial charge in [-0.3, -0.25) is 0 Å². The molecule has 154 valence electrons. The van der Waals surface area contributed by atoms with Crippen LogP contribution in [-0.2, 0) is 11.1 Å². The van der Waals surface area contributed by atoms with E-state index in [1.165, 1.54) is 4.57 Å². The van der Waals surface area contributed by atoms with Crippen LogP contribution in [0, 0.1) is 17.0 Å². The number of halogens is 1. The van der Waals surface area contributed by atoms with Gasteiger partial charge < -0.3 is 60.1 Å². The van der Waals surface area contributed by atoms with Crippen molar-refractivity contribution in [2.75, 3.05) is 5.88 Å². The fourth-order valence-corrected chi connectivity index (χ4v) is 1.18. The molecule has 0 spiro atoms. The van der Waals surface area contributed by atoms with E-state index in [0.29, 0.717) is 5.82 Å². The van der Waals surface area contributed by atoms with Gasteiger partial charge in [-0.15, -0.1) is 11.6 Å². The first-order valence-corrected chi connectivity index (χ1v) is 6.85. The Kier molecular flexibility index (Phi) is 46.2. The molecular weight excluding hydrogens is 430 g/mol. The second-order valence-corrected chi connectivity index (χ2v) is 4.69. The fourth-order valence-electron chi connectivity index (χ4n) is 1.09. The molecule has 0 radical (unpaired) electrons. The van der Waals surface area contributed by atoms with Crippen LogP contribution in [0.4, 0.5) is 5.82 Å². The van der Waals surface area contributed by atoms with Crippen molar-refractivity contribution in [3.05, 3.63) is 22.1 Å². The maximum Gasteiger partial charge on any atom is 1.00 e. The number of aliphatic hydroxyl groups excluding tert-OH is 1. The predicted octanol–water partition coefficient (Wildman–Crippen LogP) is -10.1. The molecule has 0 bridgehead atoms. The SMILES string of the molecule is Cc1ncc([N+](=O)[O-])n1CC(O)CCl.O.O.O.O.O.O=P(O)(O)O.[H-].[H-].[Na+].[Na+]. The van der Waals surface area contributed by atoms with Gasteiger partial charge in [0.2, 0.25) is 0 Å². The Hall–Kier alpha value is 0.770. The molecule has 0 aliphatic rings. The van der Waals surface area contributed by atoms with Crippen LogP contribution in [0.25, 0.3) is 0 Å². The molecule has 0 saturated heterocycles. The molecule has 26 heavy (non-hydrogen) atoms. The summed E-state index contributed by atoms with van der Waals surface area (Å²) in [5.41, 5.74) is 0. The summed E-state index contributed by atoms with van der Waals surface area (Å²) < 4.78 is 10.2. The summed E-state index contributed by atoms with van der Waals surface area (Å²) in [7, 11) is -4.64. The predicted molar refractivity (Wildman–Crippen MR) is 84.9 cm³/mol. The van der Waals surface area contributed by atoms with Crippen molar-refractivity contribution >= 4 is 25.2 Å². The van der Waals surface area contributed by atoms with Gasteiger partial charge in [0, 0.05) is 6.92 Å². The zero-order valence-electron chi connectivity index (χ0n) is 16.2. The molecular formula is C7H25ClN3Na2O12P. The molecule has 1 aromatic rings. The molecule has 0 amide bonds. The molecule has 19 heteroatoms. The van der Waals surface area contributed by atoms with E-state index in [2.05, 4.69) is 4.98 Å². The summed E-state index contributed by atoms with van der Waals surface area (Å²) in [6, 6.07) is 0. The first-order valence-electron chi connectivity index (χ1n) is 4.75. The van der Waals surface area contributed by atoms with E-state index in [9.17, 15) is 15.2 Å². The maximum atomic E-state index is 10.5. The Labute approximate surface area is 199 Å². The number of alkyl halides is 1. The van der Waals surface area contributed by atoms with Crippen LogP contribution >= 0.6 is 19.4 Å². The van der Waals surface area contributed by atoms with E-state index >= 15 is 0 Å². The standard InChI is InChI=1S/C7H10ClN3O3.2Na.H3O4P.5H2O.2H/c1-5-9-3-7(11(13)14)10(5)4-6(12)2-8;;;1-5(2,3)4;;;;;;;/h3,6,12H,2,4H2,1H3;;;(H3,1,2,3,4);5*1H2;;/q;2*+1;;;;;;;2*-1. The number of hydrogen-bond acceptors (Lipinski definition) is 5. The first kappa shape index (κ1) is 50.5. The molecule has 0 aliphatic carbocycles. The average molecular weight is 456 g/mol. The summed E-state index contributed by atoms with van der Waals surface area (Å²) in [6.07, 6.45) is 0.360. The third kappa shape index (κ3) is 24.8. The molecule has 14 N–H and O–H groups in total. The quantitative estimate of drug-likeness (QED) is 0.111. The van der Waals surface area contributed by atoms with Crippen molar-refractivity contribution < 1.29 is 119 Å². The number of nitrogens with zero attached hydrogens (tertiary/aromatic N) is 3. The molecule has 1 rings (SSSR count). The second-order valence-electron chi connectivity index (χ2n) is 3.35. The van der Waals surface area contributed by atoms with E-state index in [1.54, 1.807) is 6.92 Å². The smallest absolute Gasteiger partial charge is 1.00 e. The average Bonchev–Trinajstić information content (AvgIpc) is 2.58. The van der Waals surface area contributed by atoms with Crippen molar-refractivity contribution in [1.82, 2.24) is 9.55 Å². The second kappa shape index (κ2) is 23.8. The van der Waals surface area contributed by atoms with Gasteiger partial charge in [-0.05, 0) is 4.92 Å². The normalized spacial score (nSPS) is 9.15. The zero-order chi connectivity index (χ0) is 15.2. The molecule has 0 fully saturated rings.